The van der Waals surface area contributed by atoms with Crippen molar-refractivity contribution in [3.63, 3.8) is 0 Å². The van der Waals surface area contributed by atoms with Gasteiger partial charge in [-0.3, -0.25) is 4.79 Å². The maximum absolute atomic E-state index is 13.1. The first kappa shape index (κ1) is 18.8. The van der Waals surface area contributed by atoms with Crippen molar-refractivity contribution >= 4 is 17.0 Å². The normalized spacial score (nSPS) is 11.1. The van der Waals surface area contributed by atoms with Gasteiger partial charge >= 0.3 is 0 Å². The number of carbonyl (C=O) groups is 1. The fourth-order valence-corrected chi connectivity index (χ4v) is 3.17. The zero-order chi connectivity index (χ0) is 20.2. The number of aromatic nitrogens is 2. The predicted octanol–water partition coefficient (Wildman–Crippen LogP) is 3.85. The number of likely N-dealkylation sites (N-methyl/N-ethyl adjacent to an activating group) is 1. The second-order valence-electron chi connectivity index (χ2n) is 7.06. The van der Waals surface area contributed by atoms with Gasteiger partial charge in [0.05, 0.1) is 16.6 Å². The Bertz CT molecular complexity index is 1120. The standard InChI is InChI=1S/C23H22N4O2/c1-27(2)14-13-24-22(28)18-15-19(16-9-5-3-6-10-16)25-23-20(18)21(26-29-23)17-11-7-4-8-12-17/h3-12,15H,13-14H2,1-2H3,(H,24,28). The van der Waals surface area contributed by atoms with E-state index in [0.717, 1.165) is 17.7 Å². The zero-order valence-corrected chi connectivity index (χ0v) is 16.4. The van der Waals surface area contributed by atoms with E-state index in [0.29, 0.717) is 34.6 Å². The number of benzene rings is 2. The van der Waals surface area contributed by atoms with Crippen LogP contribution in [0, 0.1) is 0 Å². The van der Waals surface area contributed by atoms with Crippen LogP contribution in [-0.4, -0.2) is 48.1 Å². The van der Waals surface area contributed by atoms with Gasteiger partial charge in [-0.15, -0.1) is 0 Å². The Labute approximate surface area is 169 Å². The quantitative estimate of drug-likeness (QED) is 0.545. The van der Waals surface area contributed by atoms with Crippen LogP contribution in [0.3, 0.4) is 0 Å². The fourth-order valence-electron chi connectivity index (χ4n) is 3.17. The Morgan fingerprint density at radius 1 is 1.00 bits per heavy atom. The second-order valence-corrected chi connectivity index (χ2v) is 7.06. The lowest BCUT2D eigenvalue weighted by atomic mass is 10.0. The van der Waals surface area contributed by atoms with Gasteiger partial charge in [-0.2, -0.15) is 0 Å². The van der Waals surface area contributed by atoms with Gasteiger partial charge in [-0.25, -0.2) is 4.98 Å². The molecule has 0 aliphatic carbocycles. The summed E-state index contributed by atoms with van der Waals surface area (Å²) in [5.41, 5.74) is 3.94. The van der Waals surface area contributed by atoms with Crippen molar-refractivity contribution in [2.45, 2.75) is 0 Å². The smallest absolute Gasteiger partial charge is 0.259 e. The zero-order valence-electron chi connectivity index (χ0n) is 16.4. The molecule has 0 bridgehead atoms. The summed E-state index contributed by atoms with van der Waals surface area (Å²) >= 11 is 0. The second kappa shape index (κ2) is 8.24. The van der Waals surface area contributed by atoms with Gasteiger partial charge in [0, 0.05) is 24.2 Å². The Morgan fingerprint density at radius 3 is 2.31 bits per heavy atom. The summed E-state index contributed by atoms with van der Waals surface area (Å²) in [6, 6.07) is 21.2. The molecular formula is C23H22N4O2. The van der Waals surface area contributed by atoms with E-state index in [9.17, 15) is 4.79 Å². The average molecular weight is 386 g/mol. The highest BCUT2D eigenvalue weighted by Gasteiger charge is 2.21. The van der Waals surface area contributed by atoms with Crippen molar-refractivity contribution < 1.29 is 9.32 Å². The molecule has 4 rings (SSSR count). The van der Waals surface area contributed by atoms with Crippen LogP contribution in [0.5, 0.6) is 0 Å². The van der Waals surface area contributed by atoms with Gasteiger partial charge in [0.25, 0.3) is 11.6 Å². The summed E-state index contributed by atoms with van der Waals surface area (Å²) in [6.07, 6.45) is 0. The maximum atomic E-state index is 13.1. The van der Waals surface area contributed by atoms with Crippen LogP contribution in [0.1, 0.15) is 10.4 Å². The lowest BCUT2D eigenvalue weighted by Crippen LogP contribution is -2.31. The number of nitrogens with zero attached hydrogens (tertiary/aromatic N) is 3. The van der Waals surface area contributed by atoms with Crippen LogP contribution < -0.4 is 5.32 Å². The first-order valence-corrected chi connectivity index (χ1v) is 9.47. The molecule has 4 aromatic rings. The number of carbonyl (C=O) groups excluding carboxylic acids is 1. The topological polar surface area (TPSA) is 71.3 Å². The first-order chi connectivity index (χ1) is 14.1. The van der Waals surface area contributed by atoms with Crippen LogP contribution in [0.25, 0.3) is 33.6 Å². The molecule has 0 fully saturated rings. The van der Waals surface area contributed by atoms with Crippen molar-refractivity contribution in [2.24, 2.45) is 0 Å². The van der Waals surface area contributed by atoms with Crippen molar-refractivity contribution in [3.8, 4) is 22.5 Å². The minimum atomic E-state index is -0.170. The SMILES string of the molecule is CN(C)CCNC(=O)c1cc(-c2ccccc2)nc2onc(-c3ccccc3)c12. The molecule has 0 atom stereocenters. The van der Waals surface area contributed by atoms with Crippen molar-refractivity contribution in [1.29, 1.82) is 0 Å². The molecule has 0 radical (unpaired) electrons. The van der Waals surface area contributed by atoms with Crippen LogP contribution in [0.2, 0.25) is 0 Å². The third-order valence-corrected chi connectivity index (χ3v) is 4.65. The van der Waals surface area contributed by atoms with Crippen LogP contribution >= 0.6 is 0 Å². The third-order valence-electron chi connectivity index (χ3n) is 4.65. The summed E-state index contributed by atoms with van der Waals surface area (Å²) in [4.78, 5) is 19.7. The Kier molecular flexibility index (Phi) is 5.35. The maximum Gasteiger partial charge on any atom is 0.259 e. The summed E-state index contributed by atoms with van der Waals surface area (Å²) in [7, 11) is 3.94. The van der Waals surface area contributed by atoms with E-state index in [4.69, 9.17) is 4.52 Å². The molecule has 6 heteroatoms. The summed E-state index contributed by atoms with van der Waals surface area (Å²) in [5, 5.41) is 7.84. The van der Waals surface area contributed by atoms with E-state index in [-0.39, 0.29) is 5.91 Å². The van der Waals surface area contributed by atoms with Gasteiger partial charge in [-0.1, -0.05) is 65.8 Å². The summed E-state index contributed by atoms with van der Waals surface area (Å²) in [6.45, 7) is 1.29. The summed E-state index contributed by atoms with van der Waals surface area (Å²) < 4.78 is 5.55. The minimum absolute atomic E-state index is 0.170. The van der Waals surface area contributed by atoms with Gasteiger partial charge in [-0.05, 0) is 20.2 Å². The number of amides is 1. The Hall–Kier alpha value is -3.51. The van der Waals surface area contributed by atoms with Crippen molar-refractivity contribution in [1.82, 2.24) is 20.4 Å². The van der Waals surface area contributed by atoms with Gasteiger partial charge in [0.1, 0.15) is 5.69 Å². The van der Waals surface area contributed by atoms with E-state index >= 15 is 0 Å². The van der Waals surface area contributed by atoms with Gasteiger partial charge in [0.15, 0.2) is 0 Å². The molecule has 6 nitrogen and oxygen atoms in total. The van der Waals surface area contributed by atoms with E-state index in [1.165, 1.54) is 0 Å². The Morgan fingerprint density at radius 2 is 1.66 bits per heavy atom. The molecular weight excluding hydrogens is 364 g/mol. The molecule has 2 aromatic heterocycles. The first-order valence-electron chi connectivity index (χ1n) is 9.47. The van der Waals surface area contributed by atoms with Gasteiger partial charge < -0.3 is 14.7 Å². The third kappa shape index (κ3) is 4.02. The minimum Gasteiger partial charge on any atom is -0.351 e. The monoisotopic (exact) mass is 386 g/mol. The van der Waals surface area contributed by atoms with Crippen LogP contribution in [-0.2, 0) is 0 Å². The number of hydrogen-bond donors (Lipinski definition) is 1. The molecule has 0 saturated carbocycles. The highest BCUT2D eigenvalue weighted by Crippen LogP contribution is 2.32. The predicted molar refractivity (Wildman–Crippen MR) is 114 cm³/mol. The van der Waals surface area contributed by atoms with E-state index in [1.54, 1.807) is 0 Å². The molecule has 1 N–H and O–H groups in total. The Balaban J connectivity index is 1.84. The molecule has 0 spiro atoms. The molecule has 0 saturated heterocycles. The molecule has 0 aliphatic heterocycles. The highest BCUT2D eigenvalue weighted by molar-refractivity contribution is 6.10. The van der Waals surface area contributed by atoms with Crippen molar-refractivity contribution in [2.75, 3.05) is 27.2 Å². The number of nitrogens with one attached hydrogen (secondary N) is 1. The fraction of sp³-hybridized carbons (Fsp3) is 0.174. The van der Waals surface area contributed by atoms with Crippen LogP contribution in [0.15, 0.2) is 71.3 Å². The van der Waals surface area contributed by atoms with Crippen molar-refractivity contribution in [3.05, 3.63) is 72.3 Å². The lowest BCUT2D eigenvalue weighted by Gasteiger charge is -2.12. The van der Waals surface area contributed by atoms with E-state index < -0.39 is 0 Å². The van der Waals surface area contributed by atoms with Gasteiger partial charge in [0.2, 0.25) is 0 Å². The molecule has 2 heterocycles. The largest absolute Gasteiger partial charge is 0.351 e. The number of hydrogen-bond acceptors (Lipinski definition) is 5. The van der Waals surface area contributed by atoms with E-state index in [1.807, 2.05) is 85.7 Å². The molecule has 0 unspecified atom stereocenters. The summed E-state index contributed by atoms with van der Waals surface area (Å²) in [5.74, 6) is -0.170. The molecule has 1 amide bonds. The number of rotatable bonds is 6. The van der Waals surface area contributed by atoms with E-state index in [2.05, 4.69) is 15.5 Å². The highest BCUT2D eigenvalue weighted by atomic mass is 16.5. The molecule has 2 aromatic carbocycles. The number of pyridine rings is 1. The molecule has 146 valence electrons. The molecule has 29 heavy (non-hydrogen) atoms. The lowest BCUT2D eigenvalue weighted by molar-refractivity contribution is 0.0952. The molecule has 0 aliphatic rings. The van der Waals surface area contributed by atoms with Crippen LogP contribution in [0.4, 0.5) is 0 Å². The average Bonchev–Trinajstić information content (AvgIpc) is 3.18. The number of fused-ring (bicyclic) bond motifs is 1.